The Morgan fingerprint density at radius 3 is 2.62 bits per heavy atom. The summed E-state index contributed by atoms with van der Waals surface area (Å²) in [6.07, 6.45) is 0. The van der Waals surface area contributed by atoms with E-state index < -0.39 is 10.0 Å². The first-order valence-electron chi connectivity index (χ1n) is 6.76. The molecule has 0 fully saturated rings. The highest BCUT2D eigenvalue weighted by atomic mass is 32.2. The topological polar surface area (TPSA) is 58.2 Å². The van der Waals surface area contributed by atoms with Crippen molar-refractivity contribution in [1.29, 1.82) is 0 Å². The standard InChI is InChI=1S/C14H20N2O2S3/c1-4-15-8-12-7-14(11(3)20-12)21(17,18)16-9-13-10(2)5-6-19-13/h5-7,15-16H,4,8-9H2,1-3H3. The zero-order valence-electron chi connectivity index (χ0n) is 12.4. The summed E-state index contributed by atoms with van der Waals surface area (Å²) < 4.78 is 27.6. The Balaban J connectivity index is 2.12. The Kier molecular flexibility index (Phi) is 5.56. The second-order valence-corrected chi connectivity index (χ2v) is 8.84. The number of hydrogen-bond acceptors (Lipinski definition) is 5. The lowest BCUT2D eigenvalue weighted by molar-refractivity contribution is 0.581. The van der Waals surface area contributed by atoms with Gasteiger partial charge in [-0.2, -0.15) is 0 Å². The van der Waals surface area contributed by atoms with Gasteiger partial charge in [-0.15, -0.1) is 22.7 Å². The van der Waals surface area contributed by atoms with Gasteiger partial charge in [-0.3, -0.25) is 0 Å². The molecular weight excluding hydrogens is 324 g/mol. The van der Waals surface area contributed by atoms with Crippen molar-refractivity contribution in [2.75, 3.05) is 6.54 Å². The number of rotatable bonds is 7. The summed E-state index contributed by atoms with van der Waals surface area (Å²) in [4.78, 5) is 3.33. The highest BCUT2D eigenvalue weighted by Gasteiger charge is 2.20. The minimum Gasteiger partial charge on any atom is -0.312 e. The molecule has 0 bridgehead atoms. The zero-order valence-corrected chi connectivity index (χ0v) is 14.8. The summed E-state index contributed by atoms with van der Waals surface area (Å²) in [6.45, 7) is 7.80. The number of nitrogens with one attached hydrogen (secondary N) is 2. The number of sulfonamides is 1. The smallest absolute Gasteiger partial charge is 0.242 e. The van der Waals surface area contributed by atoms with Crippen molar-refractivity contribution in [3.8, 4) is 0 Å². The van der Waals surface area contributed by atoms with Crippen LogP contribution in [0.25, 0.3) is 0 Å². The molecule has 0 aliphatic rings. The van der Waals surface area contributed by atoms with E-state index in [0.29, 0.717) is 18.0 Å². The van der Waals surface area contributed by atoms with Crippen LogP contribution in [0.1, 0.15) is 27.1 Å². The molecule has 0 saturated carbocycles. The van der Waals surface area contributed by atoms with Crippen LogP contribution in [0.5, 0.6) is 0 Å². The Bertz CT molecular complexity index is 702. The van der Waals surface area contributed by atoms with Gasteiger partial charge >= 0.3 is 0 Å². The first-order valence-corrected chi connectivity index (χ1v) is 9.94. The maximum atomic E-state index is 12.4. The van der Waals surface area contributed by atoms with Gasteiger partial charge in [-0.25, -0.2) is 13.1 Å². The molecule has 0 aliphatic carbocycles. The van der Waals surface area contributed by atoms with Crippen molar-refractivity contribution in [1.82, 2.24) is 10.0 Å². The maximum absolute atomic E-state index is 12.4. The largest absolute Gasteiger partial charge is 0.312 e. The fourth-order valence-corrected chi connectivity index (χ4v) is 5.49. The van der Waals surface area contributed by atoms with E-state index in [1.54, 1.807) is 17.4 Å². The number of hydrogen-bond donors (Lipinski definition) is 2. The lowest BCUT2D eigenvalue weighted by Gasteiger charge is -2.05. The van der Waals surface area contributed by atoms with Crippen LogP contribution in [0.4, 0.5) is 0 Å². The fraction of sp³-hybridized carbons (Fsp3) is 0.429. The lowest BCUT2D eigenvalue weighted by atomic mass is 10.3. The molecule has 2 N–H and O–H groups in total. The Hall–Kier alpha value is -0.730. The lowest BCUT2D eigenvalue weighted by Crippen LogP contribution is -2.23. The van der Waals surface area contributed by atoms with Crippen LogP contribution in [-0.2, 0) is 23.1 Å². The van der Waals surface area contributed by atoms with Crippen molar-refractivity contribution in [3.05, 3.63) is 37.7 Å². The van der Waals surface area contributed by atoms with Gasteiger partial charge in [0.05, 0.1) is 4.90 Å². The van der Waals surface area contributed by atoms with E-state index in [4.69, 9.17) is 0 Å². The highest BCUT2D eigenvalue weighted by molar-refractivity contribution is 7.89. The molecule has 2 aromatic rings. The van der Waals surface area contributed by atoms with Crippen LogP contribution < -0.4 is 10.0 Å². The predicted octanol–water partition coefficient (Wildman–Crippen LogP) is 3.01. The van der Waals surface area contributed by atoms with Gasteiger partial charge in [-0.05, 0) is 43.5 Å². The summed E-state index contributed by atoms with van der Waals surface area (Å²) in [5.74, 6) is 0. The predicted molar refractivity (Wildman–Crippen MR) is 89.5 cm³/mol. The van der Waals surface area contributed by atoms with E-state index in [2.05, 4.69) is 10.0 Å². The van der Waals surface area contributed by atoms with Gasteiger partial charge in [0.25, 0.3) is 0 Å². The Morgan fingerprint density at radius 2 is 2.00 bits per heavy atom. The van der Waals surface area contributed by atoms with Crippen molar-refractivity contribution in [2.24, 2.45) is 0 Å². The van der Waals surface area contributed by atoms with E-state index in [0.717, 1.165) is 26.7 Å². The molecule has 0 saturated heterocycles. The first kappa shape index (κ1) is 16.6. The van der Waals surface area contributed by atoms with Crippen molar-refractivity contribution >= 4 is 32.7 Å². The summed E-state index contributed by atoms with van der Waals surface area (Å²) >= 11 is 3.10. The molecule has 2 aromatic heterocycles. The van der Waals surface area contributed by atoms with Gasteiger partial charge in [0, 0.05) is 27.7 Å². The fourth-order valence-electron chi connectivity index (χ4n) is 1.95. The van der Waals surface area contributed by atoms with Crippen LogP contribution in [0.3, 0.4) is 0 Å². The van der Waals surface area contributed by atoms with Gasteiger partial charge < -0.3 is 5.32 Å². The molecule has 0 spiro atoms. The molecule has 21 heavy (non-hydrogen) atoms. The number of thiophene rings is 2. The Morgan fingerprint density at radius 1 is 1.24 bits per heavy atom. The molecule has 4 nitrogen and oxygen atoms in total. The molecule has 0 unspecified atom stereocenters. The summed E-state index contributed by atoms with van der Waals surface area (Å²) in [5.41, 5.74) is 1.12. The average molecular weight is 345 g/mol. The van der Waals surface area contributed by atoms with Crippen LogP contribution in [0, 0.1) is 13.8 Å². The van der Waals surface area contributed by atoms with E-state index in [9.17, 15) is 8.42 Å². The van der Waals surface area contributed by atoms with Crippen LogP contribution >= 0.6 is 22.7 Å². The molecule has 0 aliphatic heterocycles. The van der Waals surface area contributed by atoms with E-state index in [-0.39, 0.29) is 0 Å². The monoisotopic (exact) mass is 344 g/mol. The van der Waals surface area contributed by atoms with Crippen molar-refractivity contribution in [3.63, 3.8) is 0 Å². The van der Waals surface area contributed by atoms with Crippen LogP contribution in [-0.4, -0.2) is 15.0 Å². The first-order chi connectivity index (χ1) is 9.94. The summed E-state index contributed by atoms with van der Waals surface area (Å²) in [7, 11) is -3.45. The van der Waals surface area contributed by atoms with Gasteiger partial charge in [0.2, 0.25) is 10.0 Å². The van der Waals surface area contributed by atoms with Gasteiger partial charge in [0.1, 0.15) is 0 Å². The minimum absolute atomic E-state index is 0.351. The molecule has 0 aromatic carbocycles. The third kappa shape index (κ3) is 4.14. The molecular formula is C14H20N2O2S3. The highest BCUT2D eigenvalue weighted by Crippen LogP contribution is 2.26. The van der Waals surface area contributed by atoms with E-state index >= 15 is 0 Å². The minimum atomic E-state index is -3.45. The van der Waals surface area contributed by atoms with Crippen LogP contribution in [0.2, 0.25) is 0 Å². The SMILES string of the molecule is CCNCc1cc(S(=O)(=O)NCc2sccc2C)c(C)s1. The normalized spacial score (nSPS) is 12.0. The molecule has 0 radical (unpaired) electrons. The molecule has 2 rings (SSSR count). The molecule has 0 amide bonds. The maximum Gasteiger partial charge on any atom is 0.242 e. The van der Waals surface area contributed by atoms with Crippen LogP contribution in [0.15, 0.2) is 22.4 Å². The van der Waals surface area contributed by atoms with Gasteiger partial charge in [0.15, 0.2) is 0 Å². The second kappa shape index (κ2) is 7.02. The Labute approximate surface area is 134 Å². The molecule has 0 atom stereocenters. The third-order valence-electron chi connectivity index (χ3n) is 3.15. The average Bonchev–Trinajstić information content (AvgIpc) is 3.00. The zero-order chi connectivity index (χ0) is 15.5. The summed E-state index contributed by atoms with van der Waals surface area (Å²) in [5, 5.41) is 5.19. The summed E-state index contributed by atoms with van der Waals surface area (Å²) in [6, 6.07) is 3.77. The quantitative estimate of drug-likeness (QED) is 0.812. The van der Waals surface area contributed by atoms with Gasteiger partial charge in [-0.1, -0.05) is 6.92 Å². The molecule has 7 heteroatoms. The second-order valence-electron chi connectivity index (χ2n) is 4.76. The van der Waals surface area contributed by atoms with Crippen molar-refractivity contribution in [2.45, 2.75) is 38.8 Å². The van der Waals surface area contributed by atoms with Crippen molar-refractivity contribution < 1.29 is 8.42 Å². The molecule has 2 heterocycles. The number of aryl methyl sites for hydroxylation is 2. The third-order valence-corrected chi connectivity index (χ3v) is 6.88. The molecule has 116 valence electrons. The van der Waals surface area contributed by atoms with E-state index in [1.165, 1.54) is 11.3 Å². The van der Waals surface area contributed by atoms with E-state index in [1.807, 2.05) is 32.2 Å².